The van der Waals surface area contributed by atoms with E-state index >= 15 is 0 Å². The summed E-state index contributed by atoms with van der Waals surface area (Å²) in [4.78, 5) is 26.4. The highest BCUT2D eigenvalue weighted by molar-refractivity contribution is 5.95. The molecule has 3 atom stereocenters. The van der Waals surface area contributed by atoms with E-state index in [-0.39, 0.29) is 17.2 Å². The monoisotopic (exact) mass is 423 g/mol. The van der Waals surface area contributed by atoms with Crippen molar-refractivity contribution < 1.29 is 19.2 Å². The summed E-state index contributed by atoms with van der Waals surface area (Å²) in [6.07, 6.45) is 6.22. The van der Waals surface area contributed by atoms with Crippen LogP contribution in [-0.4, -0.2) is 38.0 Å². The third kappa shape index (κ3) is 2.67. The van der Waals surface area contributed by atoms with Crippen molar-refractivity contribution in [1.82, 2.24) is 14.7 Å². The van der Waals surface area contributed by atoms with Crippen LogP contribution in [0.1, 0.15) is 73.2 Å². The second-order valence-corrected chi connectivity index (χ2v) is 9.54. The van der Waals surface area contributed by atoms with E-state index in [0.29, 0.717) is 18.2 Å². The van der Waals surface area contributed by atoms with Crippen LogP contribution < -0.4 is 5.76 Å². The average Bonchev–Trinajstić information content (AvgIpc) is 3.07. The van der Waals surface area contributed by atoms with Gasteiger partial charge in [-0.05, 0) is 74.1 Å². The average molecular weight is 423 g/mol. The van der Waals surface area contributed by atoms with E-state index in [2.05, 4.69) is 22.3 Å². The fraction of sp³-hybridized carbons (Fsp3) is 0.522. The molecule has 3 aliphatic rings. The van der Waals surface area contributed by atoms with Gasteiger partial charge in [0.25, 0.3) is 0 Å². The number of nitrogens with one attached hydrogen (secondary N) is 1. The van der Waals surface area contributed by atoms with Crippen LogP contribution in [-0.2, 0) is 10.3 Å². The summed E-state index contributed by atoms with van der Waals surface area (Å²) in [6.45, 7) is 2.81. The van der Waals surface area contributed by atoms with Crippen LogP contribution in [0.2, 0.25) is 0 Å². The molecule has 0 amide bonds. The van der Waals surface area contributed by atoms with Gasteiger partial charge in [-0.3, -0.25) is 9.51 Å². The molecule has 8 heteroatoms. The zero-order valence-electron chi connectivity index (χ0n) is 17.4. The molecular formula is C23H25N3O5. The first kappa shape index (κ1) is 18.9. The van der Waals surface area contributed by atoms with Crippen molar-refractivity contribution in [2.75, 3.05) is 6.61 Å². The fourth-order valence-corrected chi connectivity index (χ4v) is 5.88. The van der Waals surface area contributed by atoms with Gasteiger partial charge in [0.1, 0.15) is 11.2 Å². The lowest BCUT2D eigenvalue weighted by Crippen LogP contribution is -2.44. The topological polar surface area (TPSA) is 110 Å². The van der Waals surface area contributed by atoms with Gasteiger partial charge < -0.3 is 14.4 Å². The summed E-state index contributed by atoms with van der Waals surface area (Å²) in [5, 5.41) is 14.8. The number of H-pyrrole nitrogens is 1. The minimum atomic E-state index is -0.999. The van der Waals surface area contributed by atoms with E-state index in [1.54, 1.807) is 6.07 Å². The molecule has 1 spiro atoms. The normalized spacial score (nSPS) is 29.2. The van der Waals surface area contributed by atoms with Crippen molar-refractivity contribution in [1.29, 1.82) is 0 Å². The van der Waals surface area contributed by atoms with E-state index in [0.717, 1.165) is 43.2 Å². The van der Waals surface area contributed by atoms with Gasteiger partial charge in [-0.1, -0.05) is 18.1 Å². The van der Waals surface area contributed by atoms with Gasteiger partial charge in [-0.25, -0.2) is 9.59 Å². The van der Waals surface area contributed by atoms with Gasteiger partial charge in [-0.15, -0.1) is 0 Å². The van der Waals surface area contributed by atoms with Crippen molar-refractivity contribution in [2.45, 2.75) is 62.5 Å². The second-order valence-electron chi connectivity index (χ2n) is 9.54. The minimum Gasteiger partial charge on any atom is -0.477 e. The molecular weight excluding hydrogens is 398 g/mol. The predicted molar refractivity (Wildman–Crippen MR) is 111 cm³/mol. The molecule has 6 rings (SSSR count). The number of carboxylic acids is 1. The Morgan fingerprint density at radius 3 is 2.71 bits per heavy atom. The Kier molecular flexibility index (Phi) is 3.85. The number of aromatic carboxylic acids is 1. The zero-order chi connectivity index (χ0) is 21.4. The van der Waals surface area contributed by atoms with Crippen molar-refractivity contribution >= 4 is 16.9 Å². The van der Waals surface area contributed by atoms with Crippen LogP contribution in [0.15, 0.2) is 33.6 Å². The quantitative estimate of drug-likeness (QED) is 0.663. The number of benzene rings is 1. The molecule has 1 saturated heterocycles. The van der Waals surface area contributed by atoms with Crippen molar-refractivity contribution in [3.8, 4) is 0 Å². The van der Waals surface area contributed by atoms with Crippen molar-refractivity contribution in [3.63, 3.8) is 0 Å². The van der Waals surface area contributed by atoms with Crippen LogP contribution in [0.3, 0.4) is 0 Å². The van der Waals surface area contributed by atoms with Gasteiger partial charge >= 0.3 is 11.7 Å². The van der Waals surface area contributed by atoms with Crippen LogP contribution in [0.5, 0.6) is 0 Å². The maximum atomic E-state index is 12.2. The summed E-state index contributed by atoms with van der Waals surface area (Å²) in [7, 11) is 0. The standard InChI is InChI=1S/C23H25N3O5/c1-13-11-23(13,20-24-21(29)31-25-20)26-17-4-3-14(9-16(17)10-18(26)19(27)28)15-5-8-30-22(12-15)6-2-7-22/h3-4,9-10,13,15H,2,5-8,11-12H2,1H3,(H,27,28)(H,24,25,29)/t13-,15-,23-/m0/s1. The molecule has 3 heterocycles. The summed E-state index contributed by atoms with van der Waals surface area (Å²) >= 11 is 0. The largest absolute Gasteiger partial charge is 0.477 e. The number of carboxylic acid groups (broad SMARTS) is 1. The third-order valence-electron chi connectivity index (χ3n) is 7.80. The molecule has 0 bridgehead atoms. The second kappa shape index (κ2) is 6.32. The molecule has 1 aliphatic heterocycles. The molecule has 2 N–H and O–H groups in total. The molecule has 2 aliphatic carbocycles. The lowest BCUT2D eigenvalue weighted by Gasteiger charge is -2.47. The number of ether oxygens (including phenoxy) is 1. The number of carbonyl (C=O) groups is 1. The molecule has 1 aromatic carbocycles. The molecule has 0 unspecified atom stereocenters. The number of fused-ring (bicyclic) bond motifs is 1. The Morgan fingerprint density at radius 2 is 2.10 bits per heavy atom. The van der Waals surface area contributed by atoms with Gasteiger partial charge in [-0.2, -0.15) is 0 Å². The minimum absolute atomic E-state index is 0.0579. The van der Waals surface area contributed by atoms with Crippen molar-refractivity contribution in [3.05, 3.63) is 51.9 Å². The highest BCUT2D eigenvalue weighted by Gasteiger charge is 2.59. The zero-order valence-corrected chi connectivity index (χ0v) is 17.4. The Morgan fingerprint density at radius 1 is 1.29 bits per heavy atom. The fourth-order valence-electron chi connectivity index (χ4n) is 5.88. The van der Waals surface area contributed by atoms with E-state index in [1.807, 2.05) is 17.6 Å². The summed E-state index contributed by atoms with van der Waals surface area (Å²) in [5.41, 5.74) is 1.62. The highest BCUT2D eigenvalue weighted by Crippen LogP contribution is 2.56. The van der Waals surface area contributed by atoms with Crippen LogP contribution in [0.25, 0.3) is 10.9 Å². The first-order chi connectivity index (χ1) is 14.9. The number of aromatic amines is 1. The number of nitrogens with zero attached hydrogens (tertiary/aromatic N) is 2. The van der Waals surface area contributed by atoms with E-state index in [1.165, 1.54) is 12.0 Å². The Balaban J connectivity index is 1.46. The number of hydrogen-bond acceptors (Lipinski definition) is 5. The third-order valence-corrected chi connectivity index (χ3v) is 7.80. The van der Waals surface area contributed by atoms with Crippen molar-refractivity contribution in [2.24, 2.45) is 5.92 Å². The number of aromatic nitrogens is 3. The summed E-state index contributed by atoms with van der Waals surface area (Å²) in [5.74, 6) is -0.702. The van der Waals surface area contributed by atoms with Gasteiger partial charge in [0, 0.05) is 17.5 Å². The molecule has 0 radical (unpaired) electrons. The van der Waals surface area contributed by atoms with Crippen LogP contribution >= 0.6 is 0 Å². The first-order valence-corrected chi connectivity index (χ1v) is 11.0. The molecule has 2 saturated carbocycles. The molecule has 31 heavy (non-hydrogen) atoms. The number of hydrogen-bond donors (Lipinski definition) is 2. The SMILES string of the molecule is C[C@H]1C[C@]1(c1noc(=O)[nH]1)n1c(C(=O)O)cc2cc([C@H]3CCOC4(CCC4)C3)ccc21. The van der Waals surface area contributed by atoms with Gasteiger partial charge in [0.15, 0.2) is 5.82 Å². The maximum Gasteiger partial charge on any atom is 0.438 e. The molecule has 3 aromatic rings. The van der Waals surface area contributed by atoms with E-state index in [9.17, 15) is 14.7 Å². The molecule has 3 fully saturated rings. The maximum absolute atomic E-state index is 12.2. The lowest BCUT2D eigenvalue weighted by atomic mass is 9.70. The van der Waals surface area contributed by atoms with Gasteiger partial charge in [0.2, 0.25) is 0 Å². The smallest absolute Gasteiger partial charge is 0.438 e. The Bertz CT molecular complexity index is 1250. The molecule has 162 valence electrons. The molecule has 2 aromatic heterocycles. The molecule has 8 nitrogen and oxygen atoms in total. The predicted octanol–water partition coefficient (Wildman–Crippen LogP) is 3.62. The van der Waals surface area contributed by atoms with Crippen LogP contribution in [0.4, 0.5) is 0 Å². The summed E-state index contributed by atoms with van der Waals surface area (Å²) < 4.78 is 12.7. The Hall–Kier alpha value is -2.87. The lowest BCUT2D eigenvalue weighted by molar-refractivity contribution is -0.133. The van der Waals surface area contributed by atoms with E-state index in [4.69, 9.17) is 9.26 Å². The summed E-state index contributed by atoms with van der Waals surface area (Å²) in [6, 6.07) is 8.02. The van der Waals surface area contributed by atoms with Crippen LogP contribution in [0, 0.1) is 5.92 Å². The first-order valence-electron chi connectivity index (χ1n) is 11.0. The Labute approximate surface area is 178 Å². The van der Waals surface area contributed by atoms with Gasteiger partial charge in [0.05, 0.1) is 5.60 Å². The number of rotatable bonds is 4. The highest BCUT2D eigenvalue weighted by atomic mass is 16.5. The van der Waals surface area contributed by atoms with E-state index < -0.39 is 17.3 Å².